The summed E-state index contributed by atoms with van der Waals surface area (Å²) in [5.41, 5.74) is 0.748. The number of fused-ring (bicyclic) bond motifs is 1. The first-order chi connectivity index (χ1) is 6.75. The van der Waals surface area contributed by atoms with Gasteiger partial charge in [0.1, 0.15) is 5.01 Å². The second-order valence-corrected chi connectivity index (χ2v) is 4.39. The van der Waals surface area contributed by atoms with Crippen molar-refractivity contribution in [2.75, 3.05) is 0 Å². The molecule has 14 heavy (non-hydrogen) atoms. The molecule has 0 saturated heterocycles. The summed E-state index contributed by atoms with van der Waals surface area (Å²) in [6.07, 6.45) is 3.36. The molecule has 0 atom stereocenters. The highest BCUT2D eigenvalue weighted by Crippen LogP contribution is 2.16. The zero-order valence-corrected chi connectivity index (χ0v) is 9.01. The van der Waals surface area contributed by atoms with E-state index >= 15 is 0 Å². The van der Waals surface area contributed by atoms with Gasteiger partial charge in [0.05, 0.1) is 0 Å². The summed E-state index contributed by atoms with van der Waals surface area (Å²) in [4.78, 5) is 13.6. The van der Waals surface area contributed by atoms with E-state index in [-0.39, 0.29) is 0 Å². The van der Waals surface area contributed by atoms with E-state index < -0.39 is 0 Å². The average Bonchev–Trinajstić information content (AvgIpc) is 2.57. The van der Waals surface area contributed by atoms with Gasteiger partial charge in [-0.3, -0.25) is 0 Å². The Morgan fingerprint density at radius 3 is 2.86 bits per heavy atom. The van der Waals surface area contributed by atoms with E-state index in [1.165, 1.54) is 0 Å². The average molecular weight is 208 g/mol. The van der Waals surface area contributed by atoms with Crippen molar-refractivity contribution in [2.24, 2.45) is 0 Å². The van der Waals surface area contributed by atoms with Gasteiger partial charge in [0, 0.05) is 25.0 Å². The Balaban J connectivity index is 2.19. The molecule has 5 heteroatoms. The van der Waals surface area contributed by atoms with Crippen LogP contribution >= 0.6 is 11.3 Å². The Labute approximate surface area is 86.4 Å². The fourth-order valence-electron chi connectivity index (χ4n) is 1.09. The van der Waals surface area contributed by atoms with Gasteiger partial charge in [0.25, 0.3) is 0 Å². The Morgan fingerprint density at radius 2 is 2.14 bits per heavy atom. The van der Waals surface area contributed by atoms with E-state index in [1.807, 2.05) is 0 Å². The number of rotatable bonds is 3. The molecule has 2 heterocycles. The standard InChI is InChI=1S/C9H12N4S/c1-6(2)12-5-7-13-8-9(14-7)11-4-3-10-8/h3-4,6,12H,5H2,1-2H3. The maximum atomic E-state index is 4.37. The number of hydrogen-bond donors (Lipinski definition) is 1. The highest BCUT2D eigenvalue weighted by Gasteiger charge is 2.04. The van der Waals surface area contributed by atoms with Crippen molar-refractivity contribution < 1.29 is 0 Å². The van der Waals surface area contributed by atoms with Gasteiger partial charge in [-0.1, -0.05) is 25.2 Å². The smallest absolute Gasteiger partial charge is 0.189 e. The van der Waals surface area contributed by atoms with Gasteiger partial charge in [-0.05, 0) is 0 Å². The number of nitrogens with zero attached hydrogens (tertiary/aromatic N) is 3. The third kappa shape index (κ3) is 2.05. The van der Waals surface area contributed by atoms with Crippen LogP contribution in [-0.2, 0) is 6.54 Å². The summed E-state index contributed by atoms with van der Waals surface area (Å²) in [5, 5.41) is 4.36. The molecule has 0 aliphatic heterocycles. The second-order valence-electron chi connectivity index (χ2n) is 3.33. The molecule has 0 radical (unpaired) electrons. The third-order valence-electron chi connectivity index (χ3n) is 1.75. The van der Waals surface area contributed by atoms with Crippen LogP contribution in [-0.4, -0.2) is 21.0 Å². The van der Waals surface area contributed by atoms with E-state index in [9.17, 15) is 0 Å². The molecule has 1 N–H and O–H groups in total. The van der Waals surface area contributed by atoms with Crippen molar-refractivity contribution in [1.29, 1.82) is 0 Å². The normalized spacial score (nSPS) is 11.4. The van der Waals surface area contributed by atoms with Gasteiger partial charge in [-0.15, -0.1) is 0 Å². The third-order valence-corrected chi connectivity index (χ3v) is 2.71. The molecular weight excluding hydrogens is 196 g/mol. The van der Waals surface area contributed by atoms with E-state index in [4.69, 9.17) is 0 Å². The molecule has 0 aromatic carbocycles. The van der Waals surface area contributed by atoms with Gasteiger partial charge in [0.15, 0.2) is 10.5 Å². The van der Waals surface area contributed by atoms with Crippen LogP contribution in [0.2, 0.25) is 0 Å². The molecule has 2 rings (SSSR count). The Kier molecular flexibility index (Phi) is 2.69. The highest BCUT2D eigenvalue weighted by atomic mass is 32.1. The first kappa shape index (κ1) is 9.48. The summed E-state index contributed by atoms with van der Waals surface area (Å²) < 4.78 is 0. The summed E-state index contributed by atoms with van der Waals surface area (Å²) in [7, 11) is 0. The monoisotopic (exact) mass is 208 g/mol. The van der Waals surface area contributed by atoms with Crippen molar-refractivity contribution in [3.63, 3.8) is 0 Å². The molecule has 0 spiro atoms. The van der Waals surface area contributed by atoms with Crippen LogP contribution in [0.1, 0.15) is 18.9 Å². The second kappa shape index (κ2) is 3.98. The lowest BCUT2D eigenvalue weighted by atomic mass is 10.4. The van der Waals surface area contributed by atoms with E-state index in [0.717, 1.165) is 22.0 Å². The number of hydrogen-bond acceptors (Lipinski definition) is 5. The number of thiazole rings is 1. The molecule has 0 unspecified atom stereocenters. The van der Waals surface area contributed by atoms with Crippen molar-refractivity contribution in [1.82, 2.24) is 20.3 Å². The Hall–Kier alpha value is -1.07. The molecule has 0 amide bonds. The SMILES string of the molecule is CC(C)NCc1nc2nccnc2s1. The molecule has 0 bridgehead atoms. The van der Waals surface area contributed by atoms with Crippen LogP contribution in [0.15, 0.2) is 12.4 Å². The molecule has 4 nitrogen and oxygen atoms in total. The summed E-state index contributed by atoms with van der Waals surface area (Å²) in [6.45, 7) is 5.02. The van der Waals surface area contributed by atoms with E-state index in [2.05, 4.69) is 34.1 Å². The first-order valence-corrected chi connectivity index (χ1v) is 5.37. The lowest BCUT2D eigenvalue weighted by molar-refractivity contribution is 0.587. The molecule has 0 aliphatic carbocycles. The Morgan fingerprint density at radius 1 is 1.36 bits per heavy atom. The largest absolute Gasteiger partial charge is 0.308 e. The summed E-state index contributed by atoms with van der Waals surface area (Å²) in [5.74, 6) is 0. The van der Waals surface area contributed by atoms with Gasteiger partial charge in [-0.25, -0.2) is 15.0 Å². The van der Waals surface area contributed by atoms with Crippen LogP contribution in [0.3, 0.4) is 0 Å². The first-order valence-electron chi connectivity index (χ1n) is 4.55. The Bertz CT molecular complexity index is 390. The lowest BCUT2D eigenvalue weighted by Crippen LogP contribution is -2.21. The van der Waals surface area contributed by atoms with Gasteiger partial charge < -0.3 is 5.32 Å². The zero-order valence-electron chi connectivity index (χ0n) is 8.19. The minimum atomic E-state index is 0.475. The predicted octanol–water partition coefficient (Wildman–Crippen LogP) is 1.58. The fourth-order valence-corrected chi connectivity index (χ4v) is 1.90. The molecular formula is C9H12N4S. The van der Waals surface area contributed by atoms with Crippen LogP contribution in [0.5, 0.6) is 0 Å². The maximum Gasteiger partial charge on any atom is 0.189 e. The van der Waals surface area contributed by atoms with E-state index in [0.29, 0.717) is 6.04 Å². The van der Waals surface area contributed by atoms with Crippen LogP contribution in [0, 0.1) is 0 Å². The quantitative estimate of drug-likeness (QED) is 0.832. The van der Waals surface area contributed by atoms with Crippen LogP contribution in [0.4, 0.5) is 0 Å². The highest BCUT2D eigenvalue weighted by molar-refractivity contribution is 7.18. The van der Waals surface area contributed by atoms with Gasteiger partial charge >= 0.3 is 0 Å². The predicted molar refractivity (Wildman–Crippen MR) is 57.2 cm³/mol. The minimum Gasteiger partial charge on any atom is -0.308 e. The molecule has 2 aromatic rings. The number of aromatic nitrogens is 3. The maximum absolute atomic E-state index is 4.37. The van der Waals surface area contributed by atoms with Crippen molar-refractivity contribution in [2.45, 2.75) is 26.4 Å². The van der Waals surface area contributed by atoms with Gasteiger partial charge in [-0.2, -0.15) is 0 Å². The zero-order chi connectivity index (χ0) is 9.97. The molecule has 2 aromatic heterocycles. The van der Waals surface area contributed by atoms with Crippen molar-refractivity contribution >= 4 is 21.8 Å². The fraction of sp³-hybridized carbons (Fsp3) is 0.444. The van der Waals surface area contributed by atoms with Gasteiger partial charge in [0.2, 0.25) is 0 Å². The van der Waals surface area contributed by atoms with Crippen molar-refractivity contribution in [3.8, 4) is 0 Å². The minimum absolute atomic E-state index is 0.475. The lowest BCUT2D eigenvalue weighted by Gasteiger charge is -2.03. The molecule has 0 aliphatic rings. The molecule has 74 valence electrons. The van der Waals surface area contributed by atoms with Crippen LogP contribution < -0.4 is 5.32 Å². The topological polar surface area (TPSA) is 50.7 Å². The van der Waals surface area contributed by atoms with E-state index in [1.54, 1.807) is 23.7 Å². The molecule has 0 saturated carbocycles. The van der Waals surface area contributed by atoms with Crippen molar-refractivity contribution in [3.05, 3.63) is 17.4 Å². The summed E-state index contributed by atoms with van der Waals surface area (Å²) in [6, 6.07) is 0.475. The summed E-state index contributed by atoms with van der Waals surface area (Å²) >= 11 is 1.59. The molecule has 0 fully saturated rings. The number of nitrogens with one attached hydrogen (secondary N) is 1. The van der Waals surface area contributed by atoms with Crippen LogP contribution in [0.25, 0.3) is 10.5 Å².